The van der Waals surface area contributed by atoms with Crippen molar-refractivity contribution >= 4 is 11.9 Å². The van der Waals surface area contributed by atoms with Gasteiger partial charge in [0, 0.05) is 5.41 Å². The fourth-order valence-electron chi connectivity index (χ4n) is 1.07. The summed E-state index contributed by atoms with van der Waals surface area (Å²) in [4.78, 5) is 23.8. The molecule has 2 N–H and O–H groups in total. The Morgan fingerprint density at radius 2 is 1.19 bits per heavy atom. The lowest BCUT2D eigenvalue weighted by atomic mass is 9.92. The lowest BCUT2D eigenvalue weighted by molar-refractivity contribution is -0.169. The van der Waals surface area contributed by atoms with Crippen molar-refractivity contribution in [3.8, 4) is 0 Å². The van der Waals surface area contributed by atoms with Gasteiger partial charge in [-0.1, -0.05) is 13.8 Å². The van der Waals surface area contributed by atoms with Gasteiger partial charge in [-0.05, 0) is 27.7 Å². The predicted octanol–water partition coefficient (Wildman–Crippen LogP) is 1.14. The molecule has 0 aliphatic carbocycles. The fraction of sp³-hybridized carbons (Fsp3) is 0.867. The maximum absolute atomic E-state index is 12.0. The van der Waals surface area contributed by atoms with Gasteiger partial charge in [0.2, 0.25) is 0 Å². The van der Waals surface area contributed by atoms with E-state index in [4.69, 9.17) is 19.7 Å². The molecule has 0 fully saturated rings. The first-order valence-electron chi connectivity index (χ1n) is 6.94. The number of rotatable bonds is 8. The van der Waals surface area contributed by atoms with E-state index >= 15 is 0 Å². The van der Waals surface area contributed by atoms with Crippen molar-refractivity contribution in [2.24, 2.45) is 16.2 Å². The Morgan fingerprint density at radius 3 is 1.62 bits per heavy atom. The van der Waals surface area contributed by atoms with Crippen molar-refractivity contribution in [1.29, 1.82) is 0 Å². The Bertz CT molecular complexity index is 370. The number of carbonyl (C=O) groups excluding carboxylic acids is 2. The van der Waals surface area contributed by atoms with E-state index in [2.05, 4.69) is 0 Å². The Labute approximate surface area is 126 Å². The normalized spacial score (nSPS) is 13.0. The Morgan fingerprint density at radius 1 is 0.762 bits per heavy atom. The van der Waals surface area contributed by atoms with E-state index in [1.165, 1.54) is 0 Å². The second-order valence-electron chi connectivity index (χ2n) is 7.40. The highest BCUT2D eigenvalue weighted by molar-refractivity contribution is 5.78. The van der Waals surface area contributed by atoms with Crippen molar-refractivity contribution in [3.05, 3.63) is 0 Å². The molecule has 0 amide bonds. The van der Waals surface area contributed by atoms with Gasteiger partial charge in [0.15, 0.2) is 0 Å². The Kier molecular flexibility index (Phi) is 6.83. The molecular formula is C15H28O6. The molecule has 0 aromatic rings. The summed E-state index contributed by atoms with van der Waals surface area (Å²) in [5.74, 6) is -1.07. The maximum atomic E-state index is 12.0. The molecule has 0 spiro atoms. The molecule has 0 bridgehead atoms. The van der Waals surface area contributed by atoms with Crippen LogP contribution in [0.4, 0.5) is 0 Å². The topological polar surface area (TPSA) is 93.1 Å². The second kappa shape index (κ2) is 7.22. The molecule has 0 unspecified atom stereocenters. The van der Waals surface area contributed by atoms with Gasteiger partial charge in [0.25, 0.3) is 0 Å². The van der Waals surface area contributed by atoms with Crippen LogP contribution in [0.5, 0.6) is 0 Å². The van der Waals surface area contributed by atoms with Gasteiger partial charge in [-0.3, -0.25) is 9.59 Å². The standard InChI is InChI=1S/C15H28O6/c1-13(2,7-16)9-20-12(19)15(5,6)10-21-11(18)14(3,4)8-17/h16-17H,7-10H2,1-6H3. The van der Waals surface area contributed by atoms with Crippen LogP contribution in [0.1, 0.15) is 41.5 Å². The molecule has 0 heterocycles. The van der Waals surface area contributed by atoms with E-state index in [1.54, 1.807) is 41.5 Å². The first-order valence-corrected chi connectivity index (χ1v) is 6.94. The number of hydrogen-bond acceptors (Lipinski definition) is 6. The zero-order chi connectivity index (χ0) is 16.9. The molecule has 21 heavy (non-hydrogen) atoms. The molecule has 0 aromatic heterocycles. The Hall–Kier alpha value is -1.14. The number of aliphatic hydroxyl groups is 2. The van der Waals surface area contributed by atoms with Crippen molar-refractivity contribution in [1.82, 2.24) is 0 Å². The van der Waals surface area contributed by atoms with Crippen LogP contribution in [0.15, 0.2) is 0 Å². The van der Waals surface area contributed by atoms with Crippen LogP contribution in [0.3, 0.4) is 0 Å². The highest BCUT2D eigenvalue weighted by atomic mass is 16.6. The number of esters is 2. The summed E-state index contributed by atoms with van der Waals surface area (Å²) in [7, 11) is 0. The summed E-state index contributed by atoms with van der Waals surface area (Å²) < 4.78 is 10.3. The summed E-state index contributed by atoms with van der Waals surface area (Å²) in [6.45, 7) is 9.42. The zero-order valence-electron chi connectivity index (χ0n) is 13.9. The maximum Gasteiger partial charge on any atom is 0.315 e. The molecule has 124 valence electrons. The lowest BCUT2D eigenvalue weighted by Gasteiger charge is -2.28. The third-order valence-corrected chi connectivity index (χ3v) is 3.09. The van der Waals surface area contributed by atoms with E-state index in [1.807, 2.05) is 0 Å². The molecule has 6 heteroatoms. The van der Waals surface area contributed by atoms with E-state index in [0.29, 0.717) is 0 Å². The second-order valence-corrected chi connectivity index (χ2v) is 7.40. The van der Waals surface area contributed by atoms with Gasteiger partial charge in [0.1, 0.15) is 6.61 Å². The third-order valence-electron chi connectivity index (χ3n) is 3.09. The molecule has 0 atom stereocenters. The van der Waals surface area contributed by atoms with Crippen molar-refractivity contribution < 1.29 is 29.3 Å². The number of aliphatic hydroxyl groups excluding tert-OH is 2. The minimum Gasteiger partial charge on any atom is -0.465 e. The molecule has 0 aliphatic heterocycles. The van der Waals surface area contributed by atoms with Gasteiger partial charge in [0.05, 0.1) is 30.7 Å². The number of hydrogen-bond donors (Lipinski definition) is 2. The van der Waals surface area contributed by atoms with Crippen LogP contribution < -0.4 is 0 Å². The van der Waals surface area contributed by atoms with Crippen LogP contribution >= 0.6 is 0 Å². The molecule has 6 nitrogen and oxygen atoms in total. The van der Waals surface area contributed by atoms with Crippen molar-refractivity contribution in [2.75, 3.05) is 26.4 Å². The first-order chi connectivity index (χ1) is 9.38. The SMILES string of the molecule is CC(C)(CO)COC(=O)C(C)(C)COC(=O)C(C)(C)CO. The van der Waals surface area contributed by atoms with E-state index < -0.39 is 28.2 Å². The molecule has 0 aromatic carbocycles. The first kappa shape index (κ1) is 19.9. The summed E-state index contributed by atoms with van der Waals surface area (Å²) in [5, 5.41) is 18.2. The van der Waals surface area contributed by atoms with Crippen LogP contribution in [0.2, 0.25) is 0 Å². The van der Waals surface area contributed by atoms with Gasteiger partial charge < -0.3 is 19.7 Å². The van der Waals surface area contributed by atoms with E-state index in [-0.39, 0.29) is 26.4 Å². The third kappa shape index (κ3) is 6.44. The highest BCUT2D eigenvalue weighted by Gasteiger charge is 2.35. The van der Waals surface area contributed by atoms with Gasteiger partial charge in [-0.15, -0.1) is 0 Å². The molecule has 0 radical (unpaired) electrons. The summed E-state index contributed by atoms with van der Waals surface area (Å²) in [5.41, 5.74) is -2.51. The highest BCUT2D eigenvalue weighted by Crippen LogP contribution is 2.23. The number of carbonyl (C=O) groups is 2. The van der Waals surface area contributed by atoms with Crippen LogP contribution in [0.25, 0.3) is 0 Å². The molecular weight excluding hydrogens is 276 g/mol. The monoisotopic (exact) mass is 304 g/mol. The smallest absolute Gasteiger partial charge is 0.315 e. The molecule has 0 saturated carbocycles. The predicted molar refractivity (Wildman–Crippen MR) is 77.4 cm³/mol. The minimum absolute atomic E-state index is 0.0852. The van der Waals surface area contributed by atoms with Gasteiger partial charge in [-0.25, -0.2) is 0 Å². The lowest BCUT2D eigenvalue weighted by Crippen LogP contribution is -2.38. The number of ether oxygens (including phenoxy) is 2. The zero-order valence-corrected chi connectivity index (χ0v) is 13.9. The van der Waals surface area contributed by atoms with E-state index in [9.17, 15) is 9.59 Å². The molecule has 0 aliphatic rings. The fourth-order valence-corrected chi connectivity index (χ4v) is 1.07. The van der Waals surface area contributed by atoms with E-state index in [0.717, 1.165) is 0 Å². The molecule has 0 saturated heterocycles. The minimum atomic E-state index is -1.00. The molecule has 0 rings (SSSR count). The Balaban J connectivity index is 4.49. The van der Waals surface area contributed by atoms with Crippen molar-refractivity contribution in [2.45, 2.75) is 41.5 Å². The largest absolute Gasteiger partial charge is 0.465 e. The van der Waals surface area contributed by atoms with Crippen molar-refractivity contribution in [3.63, 3.8) is 0 Å². The summed E-state index contributed by atoms with van der Waals surface area (Å²) in [6, 6.07) is 0. The average Bonchev–Trinajstić information content (AvgIpc) is 2.42. The van der Waals surface area contributed by atoms with Gasteiger partial charge in [-0.2, -0.15) is 0 Å². The average molecular weight is 304 g/mol. The quantitative estimate of drug-likeness (QED) is 0.653. The van der Waals surface area contributed by atoms with Crippen LogP contribution in [0, 0.1) is 16.2 Å². The summed E-state index contributed by atoms with van der Waals surface area (Å²) in [6.07, 6.45) is 0. The summed E-state index contributed by atoms with van der Waals surface area (Å²) >= 11 is 0. The van der Waals surface area contributed by atoms with Gasteiger partial charge >= 0.3 is 11.9 Å². The van der Waals surface area contributed by atoms with Crippen LogP contribution in [-0.4, -0.2) is 48.6 Å². The van der Waals surface area contributed by atoms with Crippen LogP contribution in [-0.2, 0) is 19.1 Å².